The number of esters is 1. The Kier molecular flexibility index (Phi) is 2.91. The van der Waals surface area contributed by atoms with Crippen molar-refractivity contribution in [3.63, 3.8) is 0 Å². The number of hydrogen-bond acceptors (Lipinski definition) is 5. The standard InChI is InChI=1S/C12H12N2O3/c1-7-5-4-6-9(8(7)2)10-13-14-11(17-10)12(15)16-3/h4-6H,1-3H3. The van der Waals surface area contributed by atoms with Gasteiger partial charge < -0.3 is 9.15 Å². The molecule has 0 radical (unpaired) electrons. The predicted octanol–water partition coefficient (Wildman–Crippen LogP) is 2.14. The number of methoxy groups -OCH3 is 1. The molecule has 1 heterocycles. The second-order valence-corrected chi connectivity index (χ2v) is 3.65. The summed E-state index contributed by atoms with van der Waals surface area (Å²) in [5.41, 5.74) is 3.00. The fraction of sp³-hybridized carbons (Fsp3) is 0.250. The number of carbonyl (C=O) groups excluding carboxylic acids is 1. The molecule has 0 unspecified atom stereocenters. The minimum absolute atomic E-state index is 0.136. The summed E-state index contributed by atoms with van der Waals surface area (Å²) in [4.78, 5) is 11.2. The Morgan fingerprint density at radius 2 is 2.06 bits per heavy atom. The van der Waals surface area contributed by atoms with Gasteiger partial charge in [-0.2, -0.15) is 0 Å². The molecule has 2 rings (SSSR count). The van der Waals surface area contributed by atoms with Crippen LogP contribution in [-0.2, 0) is 4.74 Å². The lowest BCUT2D eigenvalue weighted by atomic mass is 10.0. The molecule has 5 heteroatoms. The van der Waals surface area contributed by atoms with Gasteiger partial charge >= 0.3 is 11.9 Å². The predicted molar refractivity (Wildman–Crippen MR) is 60.5 cm³/mol. The van der Waals surface area contributed by atoms with Gasteiger partial charge in [0.1, 0.15) is 0 Å². The normalized spacial score (nSPS) is 10.3. The molecule has 17 heavy (non-hydrogen) atoms. The second kappa shape index (κ2) is 4.37. The van der Waals surface area contributed by atoms with Crippen LogP contribution in [0.2, 0.25) is 0 Å². The number of ether oxygens (including phenoxy) is 1. The molecule has 1 aromatic carbocycles. The summed E-state index contributed by atoms with van der Waals surface area (Å²) in [6.45, 7) is 3.96. The Bertz CT molecular complexity index is 561. The molecular weight excluding hydrogens is 220 g/mol. The van der Waals surface area contributed by atoms with Gasteiger partial charge in [-0.05, 0) is 31.0 Å². The topological polar surface area (TPSA) is 65.2 Å². The van der Waals surface area contributed by atoms with E-state index in [1.54, 1.807) is 0 Å². The van der Waals surface area contributed by atoms with Crippen molar-refractivity contribution in [1.82, 2.24) is 10.2 Å². The van der Waals surface area contributed by atoms with Crippen molar-refractivity contribution in [2.24, 2.45) is 0 Å². The Labute approximate surface area is 98.4 Å². The Hall–Kier alpha value is -2.17. The number of aromatic nitrogens is 2. The van der Waals surface area contributed by atoms with Crippen molar-refractivity contribution in [2.45, 2.75) is 13.8 Å². The van der Waals surface area contributed by atoms with Gasteiger partial charge in [0.25, 0.3) is 0 Å². The molecule has 0 aliphatic rings. The highest BCUT2D eigenvalue weighted by molar-refractivity contribution is 5.84. The number of carbonyl (C=O) groups is 1. The Balaban J connectivity index is 2.44. The zero-order chi connectivity index (χ0) is 12.4. The van der Waals surface area contributed by atoms with E-state index in [9.17, 15) is 4.79 Å². The highest BCUT2D eigenvalue weighted by Gasteiger charge is 2.17. The summed E-state index contributed by atoms with van der Waals surface area (Å²) in [6.07, 6.45) is 0. The summed E-state index contributed by atoms with van der Waals surface area (Å²) in [5, 5.41) is 7.48. The molecule has 0 saturated heterocycles. The summed E-state index contributed by atoms with van der Waals surface area (Å²) in [5.74, 6) is -0.441. The van der Waals surface area contributed by atoms with Crippen LogP contribution in [0.4, 0.5) is 0 Å². The van der Waals surface area contributed by atoms with Crippen LogP contribution in [0.25, 0.3) is 11.5 Å². The van der Waals surface area contributed by atoms with E-state index in [2.05, 4.69) is 14.9 Å². The van der Waals surface area contributed by atoms with E-state index in [0.29, 0.717) is 5.89 Å². The average molecular weight is 232 g/mol. The lowest BCUT2D eigenvalue weighted by Crippen LogP contribution is -2.00. The molecule has 88 valence electrons. The first-order valence-electron chi connectivity index (χ1n) is 5.12. The molecule has 0 N–H and O–H groups in total. The third-order valence-electron chi connectivity index (χ3n) is 2.62. The maximum atomic E-state index is 11.2. The second-order valence-electron chi connectivity index (χ2n) is 3.65. The molecule has 5 nitrogen and oxygen atoms in total. The van der Waals surface area contributed by atoms with Crippen LogP contribution in [0, 0.1) is 13.8 Å². The van der Waals surface area contributed by atoms with Crippen molar-refractivity contribution in [3.05, 3.63) is 35.2 Å². The quantitative estimate of drug-likeness (QED) is 0.742. The van der Waals surface area contributed by atoms with Crippen LogP contribution in [0.3, 0.4) is 0 Å². The maximum Gasteiger partial charge on any atom is 0.396 e. The van der Waals surface area contributed by atoms with Gasteiger partial charge in [-0.3, -0.25) is 0 Å². The van der Waals surface area contributed by atoms with Crippen molar-refractivity contribution < 1.29 is 13.9 Å². The highest BCUT2D eigenvalue weighted by atomic mass is 16.5. The van der Waals surface area contributed by atoms with Gasteiger partial charge in [0.15, 0.2) is 0 Å². The SMILES string of the molecule is COC(=O)c1nnc(-c2cccc(C)c2C)o1. The molecule has 0 bridgehead atoms. The van der Waals surface area contributed by atoms with E-state index in [4.69, 9.17) is 4.42 Å². The number of nitrogens with zero attached hydrogens (tertiary/aromatic N) is 2. The smallest absolute Gasteiger partial charge is 0.396 e. The summed E-state index contributed by atoms with van der Waals surface area (Å²) in [7, 11) is 1.27. The van der Waals surface area contributed by atoms with E-state index < -0.39 is 5.97 Å². The largest absolute Gasteiger partial charge is 0.462 e. The van der Waals surface area contributed by atoms with Gasteiger partial charge in [-0.15, -0.1) is 10.2 Å². The first-order valence-corrected chi connectivity index (χ1v) is 5.12. The van der Waals surface area contributed by atoms with Crippen LogP contribution in [-0.4, -0.2) is 23.3 Å². The zero-order valence-corrected chi connectivity index (χ0v) is 9.85. The van der Waals surface area contributed by atoms with Crippen molar-refractivity contribution in [2.75, 3.05) is 7.11 Å². The summed E-state index contributed by atoms with van der Waals surface area (Å²) < 4.78 is 9.77. The molecule has 0 amide bonds. The first kappa shape index (κ1) is 11.3. The molecule has 0 aliphatic carbocycles. The van der Waals surface area contributed by atoms with Gasteiger partial charge in [0.05, 0.1) is 7.11 Å². The molecule has 0 spiro atoms. The summed E-state index contributed by atoms with van der Waals surface area (Å²) >= 11 is 0. The molecule has 0 saturated carbocycles. The van der Waals surface area contributed by atoms with Crippen LogP contribution >= 0.6 is 0 Å². The van der Waals surface area contributed by atoms with E-state index in [0.717, 1.165) is 16.7 Å². The Morgan fingerprint density at radius 1 is 1.29 bits per heavy atom. The maximum absolute atomic E-state index is 11.2. The molecule has 0 atom stereocenters. The molecule has 1 aromatic heterocycles. The van der Waals surface area contributed by atoms with Crippen molar-refractivity contribution in [1.29, 1.82) is 0 Å². The number of benzene rings is 1. The fourth-order valence-electron chi connectivity index (χ4n) is 1.48. The first-order chi connectivity index (χ1) is 8.13. The van der Waals surface area contributed by atoms with E-state index >= 15 is 0 Å². The van der Waals surface area contributed by atoms with Crippen molar-refractivity contribution >= 4 is 5.97 Å². The van der Waals surface area contributed by atoms with E-state index in [1.807, 2.05) is 32.0 Å². The minimum Gasteiger partial charge on any atom is -0.462 e. The van der Waals surface area contributed by atoms with Crippen molar-refractivity contribution in [3.8, 4) is 11.5 Å². The van der Waals surface area contributed by atoms with Crippen LogP contribution in [0.1, 0.15) is 21.8 Å². The van der Waals surface area contributed by atoms with Crippen LogP contribution in [0.5, 0.6) is 0 Å². The average Bonchev–Trinajstić information content (AvgIpc) is 2.81. The summed E-state index contributed by atoms with van der Waals surface area (Å²) in [6, 6.07) is 5.77. The van der Waals surface area contributed by atoms with Crippen LogP contribution < -0.4 is 0 Å². The third kappa shape index (κ3) is 2.04. The molecule has 0 fully saturated rings. The zero-order valence-electron chi connectivity index (χ0n) is 9.85. The molecule has 0 aliphatic heterocycles. The monoisotopic (exact) mass is 232 g/mol. The Morgan fingerprint density at radius 3 is 2.76 bits per heavy atom. The number of rotatable bonds is 2. The van der Waals surface area contributed by atoms with E-state index in [1.165, 1.54) is 7.11 Å². The lowest BCUT2D eigenvalue weighted by Gasteiger charge is -2.03. The number of hydrogen-bond donors (Lipinski definition) is 0. The minimum atomic E-state index is -0.631. The molecular formula is C12H12N2O3. The highest BCUT2D eigenvalue weighted by Crippen LogP contribution is 2.24. The van der Waals surface area contributed by atoms with Gasteiger partial charge in [0, 0.05) is 5.56 Å². The fourth-order valence-corrected chi connectivity index (χ4v) is 1.48. The lowest BCUT2D eigenvalue weighted by molar-refractivity contribution is 0.0556. The van der Waals surface area contributed by atoms with Gasteiger partial charge in [-0.1, -0.05) is 12.1 Å². The molecule has 2 aromatic rings. The van der Waals surface area contributed by atoms with Gasteiger partial charge in [-0.25, -0.2) is 4.79 Å². The number of aryl methyl sites for hydroxylation is 1. The third-order valence-corrected chi connectivity index (χ3v) is 2.62. The van der Waals surface area contributed by atoms with Crippen LogP contribution in [0.15, 0.2) is 22.6 Å². The van der Waals surface area contributed by atoms with E-state index in [-0.39, 0.29) is 5.89 Å². The van der Waals surface area contributed by atoms with Gasteiger partial charge in [0.2, 0.25) is 5.89 Å².